The monoisotopic (exact) mass is 166 g/mol. The van der Waals surface area contributed by atoms with Gasteiger partial charge in [0.15, 0.2) is 0 Å². The van der Waals surface area contributed by atoms with Crippen LogP contribution in [-0.4, -0.2) is 24.1 Å². The van der Waals surface area contributed by atoms with Crippen LogP contribution in [0.5, 0.6) is 0 Å². The zero-order valence-corrected chi connectivity index (χ0v) is 7.92. The van der Waals surface area contributed by atoms with Gasteiger partial charge in [-0.2, -0.15) is 0 Å². The molecule has 0 aliphatic heterocycles. The molecule has 2 N–H and O–H groups in total. The van der Waals surface area contributed by atoms with Crippen molar-refractivity contribution >= 4 is 11.6 Å². The van der Waals surface area contributed by atoms with E-state index in [1.807, 2.05) is 32.8 Å². The lowest BCUT2D eigenvalue weighted by Crippen LogP contribution is -2.15. The Morgan fingerprint density at radius 2 is 1.50 bits per heavy atom. The van der Waals surface area contributed by atoms with Gasteiger partial charge in [-0.25, -0.2) is 9.97 Å². The van der Waals surface area contributed by atoms with Crippen molar-refractivity contribution in [2.75, 3.05) is 24.7 Å². The minimum Gasteiger partial charge on any atom is -0.396 e. The second-order valence-corrected chi connectivity index (χ2v) is 3.00. The molecular formula is C8H14N4. The van der Waals surface area contributed by atoms with E-state index in [1.54, 1.807) is 0 Å². The molecule has 4 nitrogen and oxygen atoms in total. The number of aryl methyl sites for hydroxylation is 2. The number of nitrogen functional groups attached to an aromatic ring is 1. The molecule has 0 fully saturated rings. The summed E-state index contributed by atoms with van der Waals surface area (Å²) in [6, 6.07) is 0. The largest absolute Gasteiger partial charge is 0.396 e. The SMILES string of the molecule is Cc1nc(N(C)C)nc(C)c1N. The average Bonchev–Trinajstić information content (AvgIpc) is 1.99. The van der Waals surface area contributed by atoms with Gasteiger partial charge in [-0.3, -0.25) is 0 Å². The van der Waals surface area contributed by atoms with Gasteiger partial charge in [-0.15, -0.1) is 0 Å². The van der Waals surface area contributed by atoms with Crippen LogP contribution in [0.1, 0.15) is 11.4 Å². The molecule has 66 valence electrons. The Kier molecular flexibility index (Phi) is 2.17. The lowest BCUT2D eigenvalue weighted by atomic mass is 10.3. The highest BCUT2D eigenvalue weighted by Crippen LogP contribution is 2.14. The minimum absolute atomic E-state index is 0.681. The molecule has 0 aliphatic carbocycles. The molecule has 0 aromatic carbocycles. The predicted molar refractivity (Wildman–Crippen MR) is 50.2 cm³/mol. The van der Waals surface area contributed by atoms with Gasteiger partial charge in [-0.05, 0) is 13.8 Å². The summed E-state index contributed by atoms with van der Waals surface area (Å²) in [7, 11) is 3.81. The number of nitrogens with two attached hydrogens (primary N) is 1. The lowest BCUT2D eigenvalue weighted by molar-refractivity contribution is 0.960. The first-order valence-corrected chi connectivity index (χ1v) is 3.80. The highest BCUT2D eigenvalue weighted by molar-refractivity contribution is 5.49. The molecule has 4 heteroatoms. The number of hydrogen-bond acceptors (Lipinski definition) is 4. The van der Waals surface area contributed by atoms with Crippen LogP contribution in [0.4, 0.5) is 11.6 Å². The van der Waals surface area contributed by atoms with Crippen molar-refractivity contribution in [3.8, 4) is 0 Å². The van der Waals surface area contributed by atoms with E-state index in [9.17, 15) is 0 Å². The Morgan fingerprint density at radius 1 is 1.08 bits per heavy atom. The zero-order valence-electron chi connectivity index (χ0n) is 7.92. The molecule has 1 aromatic heterocycles. The van der Waals surface area contributed by atoms with Crippen LogP contribution in [0.25, 0.3) is 0 Å². The summed E-state index contributed by atoms with van der Waals surface area (Å²) in [5.74, 6) is 0.708. The quantitative estimate of drug-likeness (QED) is 0.668. The van der Waals surface area contributed by atoms with Gasteiger partial charge in [0, 0.05) is 14.1 Å². The second kappa shape index (κ2) is 2.97. The van der Waals surface area contributed by atoms with E-state index in [1.165, 1.54) is 0 Å². The predicted octanol–water partition coefficient (Wildman–Crippen LogP) is 0.742. The van der Waals surface area contributed by atoms with Gasteiger partial charge in [0.05, 0.1) is 17.1 Å². The van der Waals surface area contributed by atoms with Crippen molar-refractivity contribution in [1.29, 1.82) is 0 Å². The molecule has 0 atom stereocenters. The summed E-state index contributed by atoms with van der Waals surface area (Å²) in [6.07, 6.45) is 0. The van der Waals surface area contributed by atoms with Crippen LogP contribution in [0.15, 0.2) is 0 Å². The van der Waals surface area contributed by atoms with E-state index < -0.39 is 0 Å². The molecule has 0 bridgehead atoms. The van der Waals surface area contributed by atoms with Crippen LogP contribution >= 0.6 is 0 Å². The first kappa shape index (κ1) is 8.77. The van der Waals surface area contributed by atoms with Gasteiger partial charge in [0.1, 0.15) is 0 Å². The van der Waals surface area contributed by atoms with Crippen LogP contribution in [0, 0.1) is 13.8 Å². The Bertz CT molecular complexity index is 270. The van der Waals surface area contributed by atoms with Gasteiger partial charge in [-0.1, -0.05) is 0 Å². The normalized spacial score (nSPS) is 10.0. The highest BCUT2D eigenvalue weighted by atomic mass is 15.2. The Labute approximate surface area is 72.4 Å². The van der Waals surface area contributed by atoms with Crippen LogP contribution in [0.2, 0.25) is 0 Å². The molecule has 0 unspecified atom stereocenters. The molecule has 0 amide bonds. The fourth-order valence-electron chi connectivity index (χ4n) is 0.907. The summed E-state index contributed by atoms with van der Waals surface area (Å²) in [5, 5.41) is 0. The maximum Gasteiger partial charge on any atom is 0.225 e. The fourth-order valence-corrected chi connectivity index (χ4v) is 0.907. The van der Waals surface area contributed by atoms with Crippen molar-refractivity contribution in [2.45, 2.75) is 13.8 Å². The first-order valence-electron chi connectivity index (χ1n) is 3.80. The van der Waals surface area contributed by atoms with Gasteiger partial charge >= 0.3 is 0 Å². The van der Waals surface area contributed by atoms with Crippen molar-refractivity contribution in [2.24, 2.45) is 0 Å². The van der Waals surface area contributed by atoms with E-state index in [2.05, 4.69) is 9.97 Å². The van der Waals surface area contributed by atoms with Gasteiger partial charge in [0.25, 0.3) is 0 Å². The lowest BCUT2D eigenvalue weighted by Gasteiger charge is -2.12. The number of hydrogen-bond donors (Lipinski definition) is 1. The molecule has 1 aromatic rings. The Balaban J connectivity index is 3.21. The number of rotatable bonds is 1. The molecule has 0 aliphatic rings. The number of nitrogens with zero attached hydrogens (tertiary/aromatic N) is 3. The topological polar surface area (TPSA) is 55.0 Å². The van der Waals surface area contributed by atoms with Gasteiger partial charge in [0.2, 0.25) is 5.95 Å². The molecule has 0 spiro atoms. The smallest absolute Gasteiger partial charge is 0.225 e. The summed E-state index contributed by atoms with van der Waals surface area (Å²) in [6.45, 7) is 3.77. The third-order valence-electron chi connectivity index (χ3n) is 1.71. The summed E-state index contributed by atoms with van der Waals surface area (Å²) >= 11 is 0. The molecule has 1 heterocycles. The second-order valence-electron chi connectivity index (χ2n) is 3.00. The van der Waals surface area contributed by atoms with Crippen LogP contribution in [-0.2, 0) is 0 Å². The molecule has 12 heavy (non-hydrogen) atoms. The van der Waals surface area contributed by atoms with E-state index in [0.29, 0.717) is 11.6 Å². The van der Waals surface area contributed by atoms with E-state index in [4.69, 9.17) is 5.73 Å². The number of aromatic nitrogens is 2. The summed E-state index contributed by atoms with van der Waals surface area (Å²) in [5.41, 5.74) is 8.07. The first-order chi connectivity index (χ1) is 5.52. The van der Waals surface area contributed by atoms with Crippen LogP contribution < -0.4 is 10.6 Å². The molecular weight excluding hydrogens is 152 g/mol. The van der Waals surface area contributed by atoms with E-state index in [-0.39, 0.29) is 0 Å². The molecule has 0 saturated heterocycles. The molecule has 0 radical (unpaired) electrons. The molecule has 0 saturated carbocycles. The Morgan fingerprint density at radius 3 is 1.83 bits per heavy atom. The summed E-state index contributed by atoms with van der Waals surface area (Å²) in [4.78, 5) is 10.3. The fraction of sp³-hybridized carbons (Fsp3) is 0.500. The third-order valence-corrected chi connectivity index (χ3v) is 1.71. The van der Waals surface area contributed by atoms with Crippen molar-refractivity contribution in [1.82, 2.24) is 9.97 Å². The third kappa shape index (κ3) is 1.47. The van der Waals surface area contributed by atoms with Gasteiger partial charge < -0.3 is 10.6 Å². The summed E-state index contributed by atoms with van der Waals surface area (Å²) < 4.78 is 0. The zero-order chi connectivity index (χ0) is 9.30. The standard InChI is InChI=1S/C8H14N4/c1-5-7(9)6(2)11-8(10-5)12(3)4/h9H2,1-4H3. The Hall–Kier alpha value is -1.32. The molecule has 1 rings (SSSR count). The maximum atomic E-state index is 5.71. The minimum atomic E-state index is 0.681. The van der Waals surface area contributed by atoms with E-state index in [0.717, 1.165) is 11.4 Å². The van der Waals surface area contributed by atoms with Crippen LogP contribution in [0.3, 0.4) is 0 Å². The maximum absolute atomic E-state index is 5.71. The van der Waals surface area contributed by atoms with Crippen molar-refractivity contribution < 1.29 is 0 Å². The van der Waals surface area contributed by atoms with Crippen molar-refractivity contribution in [3.63, 3.8) is 0 Å². The number of anilines is 2. The average molecular weight is 166 g/mol. The van der Waals surface area contributed by atoms with Crippen molar-refractivity contribution in [3.05, 3.63) is 11.4 Å². The van der Waals surface area contributed by atoms with E-state index >= 15 is 0 Å². The highest BCUT2D eigenvalue weighted by Gasteiger charge is 2.05.